The summed E-state index contributed by atoms with van der Waals surface area (Å²) in [4.78, 5) is 12.9. The van der Waals surface area contributed by atoms with Crippen LogP contribution in [0.25, 0.3) is 11.0 Å². The van der Waals surface area contributed by atoms with Gasteiger partial charge in [0.15, 0.2) is 0 Å². The first kappa shape index (κ1) is 9.57. The number of nitrogens with zero attached hydrogens (tertiary/aromatic N) is 3. The summed E-state index contributed by atoms with van der Waals surface area (Å²) in [5, 5.41) is 0. The van der Waals surface area contributed by atoms with E-state index in [0.717, 1.165) is 26.0 Å². The zero-order chi connectivity index (χ0) is 10.3. The van der Waals surface area contributed by atoms with Gasteiger partial charge in [-0.2, -0.15) is 0 Å². The lowest BCUT2D eigenvalue weighted by atomic mass is 10.3. The lowest BCUT2D eigenvalue weighted by Gasteiger charge is -2.04. The van der Waals surface area contributed by atoms with E-state index in [-0.39, 0.29) is 0 Å². The third-order valence-corrected chi connectivity index (χ3v) is 3.16. The van der Waals surface area contributed by atoms with Gasteiger partial charge in [-0.1, -0.05) is 0 Å². The number of hydrogen-bond acceptors (Lipinski definition) is 4. The van der Waals surface area contributed by atoms with E-state index in [2.05, 4.69) is 37.5 Å². The molecule has 0 amide bonds. The van der Waals surface area contributed by atoms with Crippen LogP contribution in [0.1, 0.15) is 11.4 Å². The maximum absolute atomic E-state index is 5.69. The van der Waals surface area contributed by atoms with Gasteiger partial charge in [0.2, 0.25) is 0 Å². The highest BCUT2D eigenvalue weighted by molar-refractivity contribution is 14.1. The number of pyridine rings is 1. The Morgan fingerprint density at radius 1 is 1.21 bits per heavy atom. The predicted octanol–water partition coefficient (Wildman–Crippen LogP) is 1.83. The van der Waals surface area contributed by atoms with Crippen LogP contribution in [-0.2, 0) is 0 Å². The molecule has 0 atom stereocenters. The monoisotopic (exact) mass is 300 g/mol. The van der Waals surface area contributed by atoms with Crippen molar-refractivity contribution in [2.45, 2.75) is 13.8 Å². The van der Waals surface area contributed by atoms with Crippen molar-refractivity contribution in [3.05, 3.63) is 21.2 Å². The minimum Gasteiger partial charge on any atom is -0.383 e. The summed E-state index contributed by atoms with van der Waals surface area (Å²) in [5.74, 6) is 0.510. The van der Waals surface area contributed by atoms with Crippen molar-refractivity contribution in [1.29, 1.82) is 0 Å². The summed E-state index contributed by atoms with van der Waals surface area (Å²) >= 11 is 2.14. The molecule has 0 aliphatic rings. The molecule has 0 spiro atoms. The predicted molar refractivity (Wildman–Crippen MR) is 63.9 cm³/mol. The second-order valence-electron chi connectivity index (χ2n) is 3.09. The second kappa shape index (κ2) is 3.30. The van der Waals surface area contributed by atoms with Crippen molar-refractivity contribution >= 4 is 39.4 Å². The van der Waals surface area contributed by atoms with Crippen LogP contribution in [-0.4, -0.2) is 15.0 Å². The van der Waals surface area contributed by atoms with Gasteiger partial charge >= 0.3 is 0 Å². The highest BCUT2D eigenvalue weighted by Crippen LogP contribution is 2.21. The SMILES string of the molecule is Cc1nc2cnc(N)c(I)c2nc1C. The Labute approximate surface area is 95.1 Å². The van der Waals surface area contributed by atoms with Crippen molar-refractivity contribution in [3.63, 3.8) is 0 Å². The Balaban J connectivity index is 2.89. The average molecular weight is 300 g/mol. The fourth-order valence-corrected chi connectivity index (χ4v) is 1.72. The molecular formula is C9H9IN4. The Kier molecular flexibility index (Phi) is 2.26. The molecule has 0 bridgehead atoms. The van der Waals surface area contributed by atoms with Crippen LogP contribution in [0.4, 0.5) is 5.82 Å². The first-order chi connectivity index (χ1) is 6.59. The molecule has 0 unspecified atom stereocenters. The van der Waals surface area contributed by atoms with E-state index in [1.54, 1.807) is 6.20 Å². The molecule has 14 heavy (non-hydrogen) atoms. The normalized spacial score (nSPS) is 10.8. The van der Waals surface area contributed by atoms with E-state index in [4.69, 9.17) is 5.73 Å². The third kappa shape index (κ3) is 1.41. The van der Waals surface area contributed by atoms with Gasteiger partial charge in [0, 0.05) is 0 Å². The van der Waals surface area contributed by atoms with Gasteiger partial charge in [-0.05, 0) is 36.4 Å². The van der Waals surface area contributed by atoms with Gasteiger partial charge in [-0.15, -0.1) is 0 Å². The average Bonchev–Trinajstić information content (AvgIpc) is 2.15. The number of nitrogen functional groups attached to an aromatic ring is 1. The molecule has 2 rings (SSSR count). The first-order valence-corrected chi connectivity index (χ1v) is 5.22. The van der Waals surface area contributed by atoms with E-state index < -0.39 is 0 Å². The molecule has 2 N–H and O–H groups in total. The molecule has 2 heterocycles. The van der Waals surface area contributed by atoms with E-state index in [9.17, 15) is 0 Å². The maximum Gasteiger partial charge on any atom is 0.139 e. The molecule has 0 fully saturated rings. The Morgan fingerprint density at radius 3 is 2.57 bits per heavy atom. The van der Waals surface area contributed by atoms with E-state index >= 15 is 0 Å². The van der Waals surface area contributed by atoms with Crippen molar-refractivity contribution in [2.75, 3.05) is 5.73 Å². The van der Waals surface area contributed by atoms with Gasteiger partial charge in [0.25, 0.3) is 0 Å². The largest absolute Gasteiger partial charge is 0.383 e. The van der Waals surface area contributed by atoms with Crippen LogP contribution in [0, 0.1) is 17.4 Å². The van der Waals surface area contributed by atoms with Gasteiger partial charge in [-0.3, -0.25) is 0 Å². The van der Waals surface area contributed by atoms with E-state index in [0.29, 0.717) is 5.82 Å². The van der Waals surface area contributed by atoms with Crippen LogP contribution < -0.4 is 5.73 Å². The molecule has 2 aromatic rings. The second-order valence-corrected chi connectivity index (χ2v) is 4.16. The highest BCUT2D eigenvalue weighted by Gasteiger charge is 2.07. The summed E-state index contributed by atoms with van der Waals surface area (Å²) < 4.78 is 0.871. The Morgan fingerprint density at radius 2 is 1.86 bits per heavy atom. The molecule has 0 saturated heterocycles. The molecular weight excluding hydrogens is 291 g/mol. The number of aromatic nitrogens is 3. The summed E-state index contributed by atoms with van der Waals surface area (Å²) in [5.41, 5.74) is 9.18. The smallest absolute Gasteiger partial charge is 0.139 e. The quantitative estimate of drug-likeness (QED) is 0.754. The minimum atomic E-state index is 0.510. The lowest BCUT2D eigenvalue weighted by molar-refractivity contribution is 1.09. The van der Waals surface area contributed by atoms with Gasteiger partial charge in [0.1, 0.15) is 16.9 Å². The molecule has 4 nitrogen and oxygen atoms in total. The Hall–Kier alpha value is -0.980. The van der Waals surface area contributed by atoms with Crippen LogP contribution in [0.2, 0.25) is 0 Å². The zero-order valence-corrected chi connectivity index (χ0v) is 10.0. The number of aryl methyl sites for hydroxylation is 2. The number of halogens is 1. The van der Waals surface area contributed by atoms with Gasteiger partial charge in [0.05, 0.1) is 21.2 Å². The van der Waals surface area contributed by atoms with E-state index in [1.807, 2.05) is 13.8 Å². The van der Waals surface area contributed by atoms with Crippen molar-refractivity contribution in [3.8, 4) is 0 Å². The van der Waals surface area contributed by atoms with Crippen molar-refractivity contribution < 1.29 is 0 Å². The fourth-order valence-electron chi connectivity index (χ4n) is 1.18. The fraction of sp³-hybridized carbons (Fsp3) is 0.222. The molecule has 0 radical (unpaired) electrons. The Bertz CT molecular complexity index is 510. The van der Waals surface area contributed by atoms with E-state index in [1.165, 1.54) is 0 Å². The molecule has 2 aromatic heterocycles. The third-order valence-electron chi connectivity index (χ3n) is 2.09. The van der Waals surface area contributed by atoms with Crippen molar-refractivity contribution in [2.24, 2.45) is 0 Å². The first-order valence-electron chi connectivity index (χ1n) is 4.14. The maximum atomic E-state index is 5.69. The summed E-state index contributed by atoms with van der Waals surface area (Å²) in [6, 6.07) is 0. The van der Waals surface area contributed by atoms with Crippen LogP contribution in [0.5, 0.6) is 0 Å². The summed E-state index contributed by atoms with van der Waals surface area (Å²) in [7, 11) is 0. The standard InChI is InChI=1S/C9H9IN4/c1-4-5(2)14-8-6(13-4)3-12-9(11)7(8)10/h3H,1-2H3,(H2,11,12). The summed E-state index contributed by atoms with van der Waals surface area (Å²) in [6.45, 7) is 3.87. The number of nitrogens with two attached hydrogens (primary N) is 1. The van der Waals surface area contributed by atoms with Gasteiger partial charge < -0.3 is 5.73 Å². The zero-order valence-electron chi connectivity index (χ0n) is 7.87. The summed E-state index contributed by atoms with van der Waals surface area (Å²) in [6.07, 6.45) is 1.66. The number of hydrogen-bond donors (Lipinski definition) is 1. The number of fused-ring (bicyclic) bond motifs is 1. The van der Waals surface area contributed by atoms with Crippen LogP contribution in [0.15, 0.2) is 6.20 Å². The van der Waals surface area contributed by atoms with Crippen molar-refractivity contribution in [1.82, 2.24) is 15.0 Å². The molecule has 0 aliphatic heterocycles. The molecule has 0 aromatic carbocycles. The molecule has 72 valence electrons. The number of anilines is 1. The van der Waals surface area contributed by atoms with Gasteiger partial charge in [-0.25, -0.2) is 15.0 Å². The van der Waals surface area contributed by atoms with Crippen LogP contribution >= 0.6 is 22.6 Å². The van der Waals surface area contributed by atoms with Crippen LogP contribution in [0.3, 0.4) is 0 Å². The molecule has 0 saturated carbocycles. The number of rotatable bonds is 0. The molecule has 5 heteroatoms. The highest BCUT2D eigenvalue weighted by atomic mass is 127. The lowest BCUT2D eigenvalue weighted by Crippen LogP contribution is -2.00. The minimum absolute atomic E-state index is 0.510. The topological polar surface area (TPSA) is 64.7 Å². The molecule has 0 aliphatic carbocycles.